The molecule has 1 saturated heterocycles. The van der Waals surface area contributed by atoms with E-state index in [0.717, 1.165) is 39.2 Å². The fraction of sp³-hybridized carbons (Fsp3) is 0.333. The summed E-state index contributed by atoms with van der Waals surface area (Å²) in [6.07, 6.45) is 2.67. The van der Waals surface area contributed by atoms with Crippen LogP contribution in [0, 0.1) is 5.92 Å². The maximum absolute atomic E-state index is 14.7. The first-order valence-corrected chi connectivity index (χ1v) is 20.3. The minimum Gasteiger partial charge on any atom is -0.497 e. The summed E-state index contributed by atoms with van der Waals surface area (Å²) in [5, 5.41) is 21.1. The molecule has 4 heterocycles. The van der Waals surface area contributed by atoms with Crippen molar-refractivity contribution in [3.05, 3.63) is 102 Å². The van der Waals surface area contributed by atoms with Crippen LogP contribution in [0.15, 0.2) is 85.1 Å². The second kappa shape index (κ2) is 11.9. The van der Waals surface area contributed by atoms with Crippen molar-refractivity contribution in [2.45, 2.75) is 56.7 Å². The first-order chi connectivity index (χ1) is 24.1. The van der Waals surface area contributed by atoms with Gasteiger partial charge in [0.1, 0.15) is 5.75 Å². The monoisotopic (exact) mass is 687 g/mol. The van der Waals surface area contributed by atoms with Crippen LogP contribution < -0.4 is 19.7 Å². The maximum Gasteiger partial charge on any atom is 0.264 e. The van der Waals surface area contributed by atoms with Gasteiger partial charge >= 0.3 is 0 Å². The SMILES string of the molecule is COc1ccc([Si](C)(C)[C@@H]2[C@@H](CCn3cc(CCO)nn3)O[C@]3(C(=O)N(C)c4ccc(N5C(=O)c6cccc7cccc5c67)cc43)[C@H]2C)cc1. The number of rotatable bonds is 9. The molecule has 3 aliphatic heterocycles. The van der Waals surface area contributed by atoms with Crippen molar-refractivity contribution in [1.29, 1.82) is 0 Å². The van der Waals surface area contributed by atoms with E-state index in [1.54, 1.807) is 21.6 Å². The number of anilines is 3. The van der Waals surface area contributed by atoms with E-state index in [4.69, 9.17) is 9.47 Å². The Morgan fingerprint density at radius 1 is 1.00 bits per heavy atom. The lowest BCUT2D eigenvalue weighted by Gasteiger charge is -2.37. The molecule has 3 aliphatic rings. The Morgan fingerprint density at radius 2 is 1.76 bits per heavy atom. The normalized spacial score (nSPS) is 22.7. The van der Waals surface area contributed by atoms with Crippen LogP contribution in [-0.2, 0) is 28.1 Å². The van der Waals surface area contributed by atoms with Gasteiger partial charge in [0.05, 0.1) is 43.9 Å². The van der Waals surface area contributed by atoms with Gasteiger partial charge in [-0.2, -0.15) is 0 Å². The van der Waals surface area contributed by atoms with E-state index in [-0.39, 0.29) is 36.0 Å². The third kappa shape index (κ3) is 4.67. The van der Waals surface area contributed by atoms with E-state index in [2.05, 4.69) is 42.5 Å². The summed E-state index contributed by atoms with van der Waals surface area (Å²) in [7, 11) is 1.15. The number of aromatic nitrogens is 3. The highest BCUT2D eigenvalue weighted by atomic mass is 28.3. The smallest absolute Gasteiger partial charge is 0.264 e. The summed E-state index contributed by atoms with van der Waals surface area (Å²) in [4.78, 5) is 32.1. The van der Waals surface area contributed by atoms with Crippen molar-refractivity contribution < 1.29 is 24.2 Å². The van der Waals surface area contributed by atoms with Crippen LogP contribution >= 0.6 is 0 Å². The Labute approximate surface area is 292 Å². The molecule has 1 aromatic heterocycles. The lowest BCUT2D eigenvalue weighted by molar-refractivity contribution is -0.145. The molecule has 2 amide bonds. The second-order valence-corrected chi connectivity index (χ2v) is 19.0. The van der Waals surface area contributed by atoms with E-state index >= 15 is 0 Å². The molecular formula is C39H41N5O5Si. The van der Waals surface area contributed by atoms with Gasteiger partial charge < -0.3 is 19.5 Å². The van der Waals surface area contributed by atoms with E-state index in [9.17, 15) is 14.7 Å². The predicted molar refractivity (Wildman–Crippen MR) is 195 cm³/mol. The Morgan fingerprint density at radius 3 is 2.50 bits per heavy atom. The van der Waals surface area contributed by atoms with Crippen molar-refractivity contribution in [2.75, 3.05) is 30.6 Å². The molecule has 256 valence electrons. The standard InChI is InChI=1S/C39H41N5O5Si/c1-24-36(50(4,5)29-15-13-28(48-3)14-16-29)34(18-20-43-23-26(19-21-45)40-41-43)49-39(24)31-22-27(12-17-32(31)42(2)38(39)47)44-33-11-7-9-25-8-6-10-30(35(25)33)37(44)46/h6-17,22-24,34,36,45H,18-21H2,1-5H3/t24-,34+,36-,39+/m0/s1. The van der Waals surface area contributed by atoms with Gasteiger partial charge in [-0.3, -0.25) is 19.2 Å². The number of methoxy groups -OCH3 is 1. The number of hydrogen-bond donors (Lipinski definition) is 1. The average Bonchev–Trinajstić information content (AvgIpc) is 3.84. The average molecular weight is 688 g/mol. The number of likely N-dealkylation sites (N-methyl/N-ethyl adjacent to an activating group) is 1. The van der Waals surface area contributed by atoms with Gasteiger partial charge in [0.15, 0.2) is 5.60 Å². The zero-order valence-electron chi connectivity index (χ0n) is 29.0. The van der Waals surface area contributed by atoms with E-state index in [1.807, 2.05) is 80.0 Å². The number of ether oxygens (including phenoxy) is 2. The van der Waals surface area contributed by atoms with Crippen LogP contribution in [0.2, 0.25) is 18.6 Å². The third-order valence-electron chi connectivity index (χ3n) is 11.4. The highest BCUT2D eigenvalue weighted by molar-refractivity contribution is 6.91. The molecule has 1 spiro atoms. The van der Waals surface area contributed by atoms with Gasteiger partial charge in [-0.05, 0) is 59.8 Å². The number of carbonyl (C=O) groups excluding carboxylic acids is 2. The molecule has 5 aromatic rings. The van der Waals surface area contributed by atoms with Gasteiger partial charge in [-0.25, -0.2) is 0 Å². The summed E-state index contributed by atoms with van der Waals surface area (Å²) in [6, 6.07) is 26.0. The first-order valence-electron chi connectivity index (χ1n) is 17.2. The van der Waals surface area contributed by atoms with Gasteiger partial charge in [0.2, 0.25) is 0 Å². The molecule has 50 heavy (non-hydrogen) atoms. The topological polar surface area (TPSA) is 110 Å². The molecule has 0 aliphatic carbocycles. The molecule has 11 heteroatoms. The summed E-state index contributed by atoms with van der Waals surface area (Å²) in [5.74, 6) is 0.447. The molecule has 1 fully saturated rings. The number of carbonyl (C=O) groups is 2. The Kier molecular flexibility index (Phi) is 7.70. The summed E-state index contributed by atoms with van der Waals surface area (Å²) in [5.41, 5.74) is 3.36. The van der Waals surface area contributed by atoms with E-state index in [1.165, 1.54) is 5.19 Å². The van der Waals surface area contributed by atoms with Crippen LogP contribution in [0.5, 0.6) is 5.75 Å². The predicted octanol–water partition coefficient (Wildman–Crippen LogP) is 5.55. The molecule has 8 rings (SSSR count). The Bertz CT molecular complexity index is 2140. The Balaban J connectivity index is 1.22. The van der Waals surface area contributed by atoms with Gasteiger partial charge in [-0.15, -0.1) is 5.10 Å². The minimum atomic E-state index is -2.34. The van der Waals surface area contributed by atoms with Crippen molar-refractivity contribution in [1.82, 2.24) is 15.0 Å². The number of nitrogens with zero attached hydrogens (tertiary/aromatic N) is 5. The fourth-order valence-electron chi connectivity index (χ4n) is 8.92. The number of aryl methyl sites for hydroxylation is 1. The molecule has 1 N–H and O–H groups in total. The van der Waals surface area contributed by atoms with E-state index in [0.29, 0.717) is 30.6 Å². The highest BCUT2D eigenvalue weighted by Crippen LogP contribution is 2.60. The molecule has 0 radical (unpaired) electrons. The quantitative estimate of drug-likeness (QED) is 0.203. The van der Waals surface area contributed by atoms with Crippen LogP contribution in [0.4, 0.5) is 17.1 Å². The van der Waals surface area contributed by atoms with Crippen molar-refractivity contribution in [2.24, 2.45) is 5.92 Å². The van der Waals surface area contributed by atoms with Crippen LogP contribution in [0.3, 0.4) is 0 Å². The van der Waals surface area contributed by atoms with E-state index < -0.39 is 13.7 Å². The number of benzene rings is 4. The molecule has 0 saturated carbocycles. The lowest BCUT2D eigenvalue weighted by atomic mass is 9.82. The molecule has 0 unspecified atom stereocenters. The lowest BCUT2D eigenvalue weighted by Crippen LogP contribution is -2.51. The van der Waals surface area contributed by atoms with Crippen LogP contribution in [-0.4, -0.2) is 66.9 Å². The van der Waals surface area contributed by atoms with Gasteiger partial charge in [-0.1, -0.05) is 66.8 Å². The Hall–Kier alpha value is -4.84. The number of hydrogen-bond acceptors (Lipinski definition) is 7. The molecule has 0 bridgehead atoms. The van der Waals surface area contributed by atoms with Crippen LogP contribution in [0.1, 0.15) is 35.0 Å². The summed E-state index contributed by atoms with van der Waals surface area (Å²) in [6.45, 7) is 7.46. The minimum absolute atomic E-state index is 0.00940. The fourth-order valence-corrected chi connectivity index (χ4v) is 13.0. The molecule has 10 nitrogen and oxygen atoms in total. The van der Waals surface area contributed by atoms with Gasteiger partial charge in [0, 0.05) is 55.4 Å². The third-order valence-corrected chi connectivity index (χ3v) is 15.7. The zero-order chi connectivity index (χ0) is 34.9. The highest BCUT2D eigenvalue weighted by Gasteiger charge is 2.66. The maximum atomic E-state index is 14.7. The number of amides is 2. The zero-order valence-corrected chi connectivity index (χ0v) is 30.0. The number of aliphatic hydroxyl groups is 1. The largest absolute Gasteiger partial charge is 0.497 e. The van der Waals surface area contributed by atoms with Crippen molar-refractivity contribution >= 4 is 52.9 Å². The molecular weight excluding hydrogens is 647 g/mol. The number of aliphatic hydroxyl groups excluding tert-OH is 1. The molecule has 4 aromatic carbocycles. The number of fused-ring (bicyclic) bond motifs is 2. The summed E-state index contributed by atoms with van der Waals surface area (Å²) >= 11 is 0. The van der Waals surface area contributed by atoms with Gasteiger partial charge in [0.25, 0.3) is 11.8 Å². The molecule has 4 atom stereocenters. The van der Waals surface area contributed by atoms with Crippen LogP contribution in [0.25, 0.3) is 10.8 Å². The van der Waals surface area contributed by atoms with Crippen molar-refractivity contribution in [3.63, 3.8) is 0 Å². The summed E-state index contributed by atoms with van der Waals surface area (Å²) < 4.78 is 14.5. The first kappa shape index (κ1) is 32.4. The second-order valence-electron chi connectivity index (χ2n) is 14.3. The van der Waals surface area contributed by atoms with Crippen molar-refractivity contribution in [3.8, 4) is 5.75 Å².